The fraction of sp³-hybridized carbons (Fsp3) is 0.875. The van der Waals surface area contributed by atoms with Crippen LogP contribution in [0.2, 0.25) is 0 Å². The summed E-state index contributed by atoms with van der Waals surface area (Å²) in [7, 11) is 0. The Bertz CT molecular complexity index is 277. The third-order valence-corrected chi connectivity index (χ3v) is 2.03. The van der Waals surface area contributed by atoms with Crippen molar-refractivity contribution in [3.8, 4) is 0 Å². The SMILES string of the molecule is N=C(N)C(CN(CCO)CC(F)(F)F)C(F)(F)F. The van der Waals surface area contributed by atoms with E-state index in [1.165, 1.54) is 0 Å². The average Bonchev–Trinajstić information content (AvgIpc) is 2.09. The molecule has 0 fully saturated rings. The smallest absolute Gasteiger partial charge is 0.395 e. The molecule has 1 atom stereocenters. The molecule has 0 aromatic rings. The number of alkyl halides is 6. The Hall–Kier alpha value is -1.03. The van der Waals surface area contributed by atoms with Gasteiger partial charge in [0.05, 0.1) is 13.2 Å². The van der Waals surface area contributed by atoms with Gasteiger partial charge in [0, 0.05) is 13.1 Å². The second-order valence-electron chi connectivity index (χ2n) is 3.62. The van der Waals surface area contributed by atoms with E-state index in [-0.39, 0.29) is 0 Å². The number of hydrogen-bond acceptors (Lipinski definition) is 3. The predicted octanol–water partition coefficient (Wildman–Crippen LogP) is 0.957. The van der Waals surface area contributed by atoms with Crippen LogP contribution in [0.25, 0.3) is 0 Å². The number of aliphatic hydroxyl groups is 1. The third-order valence-electron chi connectivity index (χ3n) is 2.03. The van der Waals surface area contributed by atoms with Crippen molar-refractivity contribution < 1.29 is 31.4 Å². The van der Waals surface area contributed by atoms with E-state index in [4.69, 9.17) is 16.2 Å². The summed E-state index contributed by atoms with van der Waals surface area (Å²) in [6.45, 7) is -4.02. The number of nitrogens with one attached hydrogen (secondary N) is 1. The van der Waals surface area contributed by atoms with Gasteiger partial charge >= 0.3 is 12.4 Å². The molecule has 0 amide bonds. The molecular formula is C8H13F6N3O. The molecule has 0 heterocycles. The zero-order valence-electron chi connectivity index (χ0n) is 9.15. The molecule has 0 aliphatic rings. The highest BCUT2D eigenvalue weighted by atomic mass is 19.4. The van der Waals surface area contributed by atoms with Gasteiger partial charge in [0.1, 0.15) is 11.8 Å². The summed E-state index contributed by atoms with van der Waals surface area (Å²) in [5.74, 6) is -3.74. The normalized spacial score (nSPS) is 14.9. The van der Waals surface area contributed by atoms with E-state index in [1.54, 1.807) is 0 Å². The van der Waals surface area contributed by atoms with Crippen LogP contribution >= 0.6 is 0 Å². The number of amidine groups is 1. The fourth-order valence-electron chi connectivity index (χ4n) is 1.27. The van der Waals surface area contributed by atoms with Crippen molar-refractivity contribution in [2.45, 2.75) is 12.4 Å². The standard InChI is InChI=1S/C8H13F6N3O/c9-7(10,11)4-17(1-2-18)3-5(6(15)16)8(12,13)14/h5,18H,1-4H2,(H3,15,16). The van der Waals surface area contributed by atoms with Crippen molar-refractivity contribution >= 4 is 5.84 Å². The maximum atomic E-state index is 12.4. The molecule has 0 aromatic carbocycles. The van der Waals surface area contributed by atoms with Gasteiger partial charge in [-0.3, -0.25) is 10.3 Å². The lowest BCUT2D eigenvalue weighted by atomic mass is 10.1. The quantitative estimate of drug-likeness (QED) is 0.386. The van der Waals surface area contributed by atoms with Gasteiger partial charge in [-0.05, 0) is 0 Å². The Morgan fingerprint density at radius 1 is 1.22 bits per heavy atom. The molecule has 4 nitrogen and oxygen atoms in total. The minimum atomic E-state index is -4.90. The van der Waals surface area contributed by atoms with E-state index in [1.807, 2.05) is 0 Å². The zero-order valence-corrected chi connectivity index (χ0v) is 9.15. The van der Waals surface area contributed by atoms with E-state index in [0.717, 1.165) is 0 Å². The van der Waals surface area contributed by atoms with Gasteiger partial charge in [-0.2, -0.15) is 26.3 Å². The number of nitrogens with zero attached hydrogens (tertiary/aromatic N) is 1. The average molecular weight is 281 g/mol. The van der Waals surface area contributed by atoms with Crippen LogP contribution in [0.4, 0.5) is 26.3 Å². The summed E-state index contributed by atoms with van der Waals surface area (Å²) in [6, 6.07) is 0. The molecule has 4 N–H and O–H groups in total. The molecule has 10 heteroatoms. The number of aliphatic hydroxyl groups excluding tert-OH is 1. The van der Waals surface area contributed by atoms with Gasteiger partial charge in [-0.15, -0.1) is 0 Å². The molecule has 0 aromatic heterocycles. The molecule has 0 aliphatic carbocycles. The first-order chi connectivity index (χ1) is 7.97. The molecule has 0 saturated heterocycles. The Morgan fingerprint density at radius 2 is 1.72 bits per heavy atom. The maximum absolute atomic E-state index is 12.4. The summed E-state index contributed by atoms with van der Waals surface area (Å²) in [4.78, 5) is 0.361. The molecule has 0 spiro atoms. The van der Waals surface area contributed by atoms with Gasteiger partial charge in [-0.25, -0.2) is 0 Å². The number of halogens is 6. The molecular weight excluding hydrogens is 268 g/mol. The second-order valence-corrected chi connectivity index (χ2v) is 3.62. The Kier molecular flexibility index (Phi) is 5.87. The zero-order chi connectivity index (χ0) is 14.6. The Morgan fingerprint density at radius 3 is 2.00 bits per heavy atom. The highest BCUT2D eigenvalue weighted by Crippen LogP contribution is 2.28. The fourth-order valence-corrected chi connectivity index (χ4v) is 1.27. The highest BCUT2D eigenvalue weighted by molar-refractivity contribution is 5.80. The monoisotopic (exact) mass is 281 g/mol. The van der Waals surface area contributed by atoms with Crippen LogP contribution in [0.3, 0.4) is 0 Å². The molecule has 0 saturated carbocycles. The van der Waals surface area contributed by atoms with Crippen LogP contribution in [0, 0.1) is 11.3 Å². The van der Waals surface area contributed by atoms with Crippen molar-refractivity contribution in [3.63, 3.8) is 0 Å². The third kappa shape index (κ3) is 6.64. The first-order valence-corrected chi connectivity index (χ1v) is 4.78. The van der Waals surface area contributed by atoms with Gasteiger partial charge in [0.2, 0.25) is 0 Å². The minimum Gasteiger partial charge on any atom is -0.395 e. The van der Waals surface area contributed by atoms with Crippen molar-refractivity contribution in [3.05, 3.63) is 0 Å². The molecule has 18 heavy (non-hydrogen) atoms. The van der Waals surface area contributed by atoms with Crippen LogP contribution in [-0.2, 0) is 0 Å². The lowest BCUT2D eigenvalue weighted by Crippen LogP contribution is -2.47. The van der Waals surface area contributed by atoms with Crippen molar-refractivity contribution in [2.75, 3.05) is 26.2 Å². The summed E-state index contributed by atoms with van der Waals surface area (Å²) in [6.07, 6.45) is -9.59. The van der Waals surface area contributed by atoms with Gasteiger partial charge in [0.15, 0.2) is 0 Å². The Balaban J connectivity index is 4.77. The van der Waals surface area contributed by atoms with Crippen LogP contribution in [0.5, 0.6) is 0 Å². The molecule has 0 aliphatic heterocycles. The number of nitrogens with two attached hydrogens (primary N) is 1. The van der Waals surface area contributed by atoms with Crippen LogP contribution in [-0.4, -0.2) is 54.4 Å². The first-order valence-electron chi connectivity index (χ1n) is 4.78. The minimum absolute atomic E-state index is 0.361. The molecule has 0 bridgehead atoms. The highest BCUT2D eigenvalue weighted by Gasteiger charge is 2.44. The topological polar surface area (TPSA) is 73.3 Å². The van der Waals surface area contributed by atoms with Crippen LogP contribution in [0.15, 0.2) is 0 Å². The van der Waals surface area contributed by atoms with Gasteiger partial charge < -0.3 is 10.8 Å². The lowest BCUT2D eigenvalue weighted by Gasteiger charge is -2.28. The van der Waals surface area contributed by atoms with Crippen LogP contribution < -0.4 is 5.73 Å². The van der Waals surface area contributed by atoms with Crippen molar-refractivity contribution in [2.24, 2.45) is 11.7 Å². The van der Waals surface area contributed by atoms with E-state index < -0.39 is 50.3 Å². The molecule has 0 rings (SSSR count). The van der Waals surface area contributed by atoms with Gasteiger partial charge in [0.25, 0.3) is 0 Å². The van der Waals surface area contributed by atoms with E-state index >= 15 is 0 Å². The lowest BCUT2D eigenvalue weighted by molar-refractivity contribution is -0.174. The molecule has 0 radical (unpaired) electrons. The number of rotatable bonds is 6. The second kappa shape index (κ2) is 6.23. The molecule has 108 valence electrons. The summed E-state index contributed by atoms with van der Waals surface area (Å²) in [5, 5.41) is 15.3. The van der Waals surface area contributed by atoms with E-state index in [2.05, 4.69) is 0 Å². The molecule has 1 unspecified atom stereocenters. The maximum Gasteiger partial charge on any atom is 0.401 e. The van der Waals surface area contributed by atoms with Gasteiger partial charge in [-0.1, -0.05) is 0 Å². The number of hydrogen-bond donors (Lipinski definition) is 3. The summed E-state index contributed by atoms with van der Waals surface area (Å²) in [5.41, 5.74) is 4.72. The first kappa shape index (κ1) is 17.0. The largest absolute Gasteiger partial charge is 0.401 e. The Labute approximate surface area is 98.9 Å². The van der Waals surface area contributed by atoms with Crippen LogP contribution in [0.1, 0.15) is 0 Å². The van der Waals surface area contributed by atoms with E-state index in [0.29, 0.717) is 4.90 Å². The van der Waals surface area contributed by atoms with Crippen molar-refractivity contribution in [1.82, 2.24) is 4.90 Å². The predicted molar refractivity (Wildman–Crippen MR) is 51.0 cm³/mol. The van der Waals surface area contributed by atoms with Crippen molar-refractivity contribution in [1.29, 1.82) is 5.41 Å². The summed E-state index contributed by atoms with van der Waals surface area (Å²) < 4.78 is 73.5. The van der Waals surface area contributed by atoms with E-state index in [9.17, 15) is 26.3 Å². The summed E-state index contributed by atoms with van der Waals surface area (Å²) >= 11 is 0.